The Morgan fingerprint density at radius 1 is 1.25 bits per heavy atom. The molecule has 0 aromatic rings. The van der Waals surface area contributed by atoms with Crippen LogP contribution < -0.4 is 0 Å². The van der Waals surface area contributed by atoms with Crippen molar-refractivity contribution in [1.82, 2.24) is 4.90 Å². The summed E-state index contributed by atoms with van der Waals surface area (Å²) in [7, 11) is 0. The first-order valence-corrected chi connectivity index (χ1v) is 4.79. The Morgan fingerprint density at radius 2 is 2.00 bits per heavy atom. The second kappa shape index (κ2) is 3.09. The van der Waals surface area contributed by atoms with E-state index in [1.807, 2.05) is 6.20 Å². The molecule has 0 saturated carbocycles. The molecule has 2 nitrogen and oxygen atoms in total. The third kappa shape index (κ3) is 1.36. The first-order chi connectivity index (χ1) is 5.85. The Balaban J connectivity index is 1.92. The number of ether oxygens (including phenoxy) is 1. The summed E-state index contributed by atoms with van der Waals surface area (Å²) in [5.74, 6) is 0. The molecule has 0 aliphatic carbocycles. The maximum Gasteiger partial charge on any atom is 0.0524 e. The van der Waals surface area contributed by atoms with Gasteiger partial charge in [-0.2, -0.15) is 0 Å². The predicted octanol–water partition coefficient (Wildman–Crippen LogP) is 1.63. The molecule has 2 rings (SSSR count). The Kier molecular flexibility index (Phi) is 2.09. The van der Waals surface area contributed by atoms with E-state index in [9.17, 15) is 0 Å². The molecule has 2 aliphatic heterocycles. The van der Waals surface area contributed by atoms with Crippen LogP contribution in [0.3, 0.4) is 0 Å². The van der Waals surface area contributed by atoms with Gasteiger partial charge in [0.1, 0.15) is 0 Å². The highest BCUT2D eigenvalue weighted by Gasteiger charge is 2.37. The smallest absolute Gasteiger partial charge is 0.0524 e. The van der Waals surface area contributed by atoms with Crippen LogP contribution >= 0.6 is 0 Å². The SMILES string of the molecule is C=CN1CCC2(CCOC2)CC1. The minimum atomic E-state index is 0.541. The number of piperidine rings is 1. The zero-order chi connectivity index (χ0) is 8.44. The second-order valence-corrected chi connectivity index (χ2v) is 4.02. The molecule has 12 heavy (non-hydrogen) atoms. The van der Waals surface area contributed by atoms with Gasteiger partial charge in [0.2, 0.25) is 0 Å². The van der Waals surface area contributed by atoms with Crippen molar-refractivity contribution in [2.24, 2.45) is 5.41 Å². The zero-order valence-electron chi connectivity index (χ0n) is 7.59. The normalized spacial score (nSPS) is 27.8. The molecule has 0 amide bonds. The van der Waals surface area contributed by atoms with Crippen LogP contribution in [-0.4, -0.2) is 31.2 Å². The largest absolute Gasteiger partial charge is 0.381 e. The molecule has 0 atom stereocenters. The van der Waals surface area contributed by atoms with E-state index in [0.717, 1.165) is 13.2 Å². The van der Waals surface area contributed by atoms with Crippen LogP contribution in [0, 0.1) is 5.41 Å². The lowest BCUT2D eigenvalue weighted by Crippen LogP contribution is -2.37. The fourth-order valence-electron chi connectivity index (χ4n) is 2.22. The molecule has 2 aliphatic rings. The highest BCUT2D eigenvalue weighted by Crippen LogP contribution is 2.38. The van der Waals surface area contributed by atoms with E-state index in [0.29, 0.717) is 5.41 Å². The molecule has 0 bridgehead atoms. The van der Waals surface area contributed by atoms with Gasteiger partial charge in [-0.15, -0.1) is 0 Å². The van der Waals surface area contributed by atoms with Crippen molar-refractivity contribution in [3.63, 3.8) is 0 Å². The summed E-state index contributed by atoms with van der Waals surface area (Å²) in [6.07, 6.45) is 5.82. The predicted molar refractivity (Wildman–Crippen MR) is 48.9 cm³/mol. The molecule has 2 heteroatoms. The van der Waals surface area contributed by atoms with Gasteiger partial charge in [-0.1, -0.05) is 6.58 Å². The first kappa shape index (κ1) is 8.11. The van der Waals surface area contributed by atoms with Crippen LogP contribution in [0.5, 0.6) is 0 Å². The number of nitrogens with zero attached hydrogens (tertiary/aromatic N) is 1. The van der Waals surface area contributed by atoms with Crippen molar-refractivity contribution in [2.75, 3.05) is 26.3 Å². The monoisotopic (exact) mass is 167 g/mol. The highest BCUT2D eigenvalue weighted by atomic mass is 16.5. The second-order valence-electron chi connectivity index (χ2n) is 4.02. The van der Waals surface area contributed by atoms with Gasteiger partial charge in [0.05, 0.1) is 6.61 Å². The van der Waals surface area contributed by atoms with Crippen LogP contribution in [0.25, 0.3) is 0 Å². The summed E-state index contributed by atoms with van der Waals surface area (Å²) in [4.78, 5) is 2.31. The summed E-state index contributed by atoms with van der Waals surface area (Å²) < 4.78 is 5.46. The Labute approximate surface area is 74.2 Å². The molecule has 0 aromatic heterocycles. The Morgan fingerprint density at radius 3 is 2.50 bits per heavy atom. The lowest BCUT2D eigenvalue weighted by Gasteiger charge is -2.37. The van der Waals surface area contributed by atoms with Gasteiger partial charge >= 0.3 is 0 Å². The maximum atomic E-state index is 5.46. The average molecular weight is 167 g/mol. The van der Waals surface area contributed by atoms with E-state index in [2.05, 4.69) is 11.5 Å². The summed E-state index contributed by atoms with van der Waals surface area (Å²) >= 11 is 0. The van der Waals surface area contributed by atoms with Gasteiger partial charge in [0.15, 0.2) is 0 Å². The number of hydrogen-bond donors (Lipinski definition) is 0. The van der Waals surface area contributed by atoms with Crippen molar-refractivity contribution < 1.29 is 4.74 Å². The minimum Gasteiger partial charge on any atom is -0.381 e. The molecule has 0 unspecified atom stereocenters. The molecule has 0 radical (unpaired) electrons. The van der Waals surface area contributed by atoms with Gasteiger partial charge < -0.3 is 9.64 Å². The van der Waals surface area contributed by atoms with Gasteiger partial charge in [0.25, 0.3) is 0 Å². The third-order valence-electron chi connectivity index (χ3n) is 3.30. The number of hydrogen-bond acceptors (Lipinski definition) is 2. The zero-order valence-corrected chi connectivity index (χ0v) is 7.59. The van der Waals surface area contributed by atoms with Gasteiger partial charge in [-0.25, -0.2) is 0 Å². The Bertz CT molecular complexity index is 163. The van der Waals surface area contributed by atoms with Crippen LogP contribution in [-0.2, 0) is 4.74 Å². The molecule has 0 aromatic carbocycles. The first-order valence-electron chi connectivity index (χ1n) is 4.79. The van der Waals surface area contributed by atoms with Crippen molar-refractivity contribution in [3.05, 3.63) is 12.8 Å². The van der Waals surface area contributed by atoms with Gasteiger partial charge in [-0.05, 0) is 30.9 Å². The maximum absolute atomic E-state index is 5.46. The van der Waals surface area contributed by atoms with Crippen molar-refractivity contribution in [3.8, 4) is 0 Å². The van der Waals surface area contributed by atoms with Crippen molar-refractivity contribution >= 4 is 0 Å². The van der Waals surface area contributed by atoms with Crippen LogP contribution in [0.1, 0.15) is 19.3 Å². The lowest BCUT2D eigenvalue weighted by molar-refractivity contribution is 0.0994. The van der Waals surface area contributed by atoms with Crippen LogP contribution in [0.2, 0.25) is 0 Å². The van der Waals surface area contributed by atoms with Crippen molar-refractivity contribution in [2.45, 2.75) is 19.3 Å². The van der Waals surface area contributed by atoms with E-state index in [-0.39, 0.29) is 0 Å². The van der Waals surface area contributed by atoms with E-state index < -0.39 is 0 Å². The minimum absolute atomic E-state index is 0.541. The molecular weight excluding hydrogens is 150 g/mol. The van der Waals surface area contributed by atoms with E-state index in [4.69, 9.17) is 4.74 Å². The molecule has 2 fully saturated rings. The molecule has 2 saturated heterocycles. The van der Waals surface area contributed by atoms with Gasteiger partial charge in [0, 0.05) is 19.7 Å². The number of rotatable bonds is 1. The topological polar surface area (TPSA) is 12.5 Å². The number of likely N-dealkylation sites (tertiary alicyclic amines) is 1. The third-order valence-corrected chi connectivity index (χ3v) is 3.30. The molecular formula is C10H17NO. The van der Waals surface area contributed by atoms with Crippen LogP contribution in [0.15, 0.2) is 12.8 Å². The summed E-state index contributed by atoms with van der Waals surface area (Å²) in [5, 5.41) is 0. The Hall–Kier alpha value is -0.500. The molecule has 2 heterocycles. The fraction of sp³-hybridized carbons (Fsp3) is 0.800. The van der Waals surface area contributed by atoms with Crippen molar-refractivity contribution in [1.29, 1.82) is 0 Å². The van der Waals surface area contributed by atoms with E-state index in [1.54, 1.807) is 0 Å². The standard InChI is InChI=1S/C10H17NO/c1-2-11-6-3-10(4-7-11)5-8-12-9-10/h2H,1,3-9H2. The fourth-order valence-corrected chi connectivity index (χ4v) is 2.22. The van der Waals surface area contributed by atoms with E-state index in [1.165, 1.54) is 32.4 Å². The van der Waals surface area contributed by atoms with Crippen LogP contribution in [0.4, 0.5) is 0 Å². The quantitative estimate of drug-likeness (QED) is 0.588. The van der Waals surface area contributed by atoms with Gasteiger partial charge in [-0.3, -0.25) is 0 Å². The summed E-state index contributed by atoms with van der Waals surface area (Å²) in [6, 6.07) is 0. The summed E-state index contributed by atoms with van der Waals surface area (Å²) in [6.45, 7) is 8.12. The molecule has 1 spiro atoms. The lowest BCUT2D eigenvalue weighted by atomic mass is 9.78. The molecule has 68 valence electrons. The average Bonchev–Trinajstić information content (AvgIpc) is 2.55. The highest BCUT2D eigenvalue weighted by molar-refractivity contribution is 4.90. The molecule has 0 N–H and O–H groups in total. The summed E-state index contributed by atoms with van der Waals surface area (Å²) in [5.41, 5.74) is 0.541. The van der Waals surface area contributed by atoms with E-state index >= 15 is 0 Å².